The zero-order chi connectivity index (χ0) is 22.1. The summed E-state index contributed by atoms with van der Waals surface area (Å²) in [5, 5.41) is 11.8. The zero-order valence-electron chi connectivity index (χ0n) is 15.2. The molecule has 2 aromatic carbocycles. The first-order chi connectivity index (χ1) is 14.1. The van der Waals surface area contributed by atoms with E-state index in [4.69, 9.17) is 4.74 Å². The number of benzene rings is 2. The van der Waals surface area contributed by atoms with Crippen molar-refractivity contribution in [3.05, 3.63) is 59.2 Å². The van der Waals surface area contributed by atoms with Crippen LogP contribution in [-0.4, -0.2) is 56.1 Å². The van der Waals surface area contributed by atoms with E-state index in [1.54, 1.807) is 0 Å². The molecule has 0 radical (unpaired) electrons. The maximum absolute atomic E-state index is 14.1. The number of ether oxygens (including phenoxy) is 1. The average molecular weight is 448 g/mol. The molecular weight excluding hydrogens is 432 g/mol. The molecule has 12 heteroatoms. The van der Waals surface area contributed by atoms with E-state index in [1.165, 1.54) is 0 Å². The van der Waals surface area contributed by atoms with Crippen LogP contribution in [0.3, 0.4) is 0 Å². The van der Waals surface area contributed by atoms with Gasteiger partial charge in [-0.1, -0.05) is 0 Å². The van der Waals surface area contributed by atoms with E-state index in [0.29, 0.717) is 18.2 Å². The molecule has 1 heterocycles. The van der Waals surface area contributed by atoms with Crippen molar-refractivity contribution in [3.8, 4) is 0 Å². The lowest BCUT2D eigenvalue weighted by Gasteiger charge is -2.21. The molecule has 0 aliphatic carbocycles. The Kier molecular flexibility index (Phi) is 6.41. The normalized spacial score (nSPS) is 18.1. The molecule has 0 bridgehead atoms. The van der Waals surface area contributed by atoms with Gasteiger partial charge in [-0.05, 0) is 18.2 Å². The van der Waals surface area contributed by atoms with E-state index in [-0.39, 0.29) is 26.3 Å². The molecular formula is C18H16F4N2O5S. The predicted molar refractivity (Wildman–Crippen MR) is 96.3 cm³/mol. The lowest BCUT2D eigenvalue weighted by molar-refractivity contribution is 0.0583. The van der Waals surface area contributed by atoms with Gasteiger partial charge in [0.05, 0.1) is 24.2 Å². The number of β-amino-alcohol motifs (C(OH)–C–C–N with tert-alkyl or cyclic N) is 1. The summed E-state index contributed by atoms with van der Waals surface area (Å²) in [6, 6.07) is 3.34. The fourth-order valence-electron chi connectivity index (χ4n) is 2.81. The van der Waals surface area contributed by atoms with Gasteiger partial charge in [-0.3, -0.25) is 4.79 Å². The first kappa shape index (κ1) is 22.2. The molecule has 1 saturated heterocycles. The standard InChI is InChI=1S/C18H16F4N2O5S/c19-11-3-10(18(26)23-12-6-15(20)17(22)16(21)7-12)4-14(5-11)30(27,28)24-1-2-29-9-13(25)8-24/h3-7,13,25H,1-2,8-9H2,(H,23,26). The van der Waals surface area contributed by atoms with Crippen LogP contribution in [0, 0.1) is 23.3 Å². The van der Waals surface area contributed by atoms with Gasteiger partial charge in [0.15, 0.2) is 17.5 Å². The molecule has 1 aliphatic heterocycles. The van der Waals surface area contributed by atoms with Crippen LogP contribution in [0.4, 0.5) is 23.2 Å². The molecule has 162 valence electrons. The summed E-state index contributed by atoms with van der Waals surface area (Å²) in [5.74, 6) is -6.94. The van der Waals surface area contributed by atoms with Gasteiger partial charge >= 0.3 is 0 Å². The summed E-state index contributed by atoms with van der Waals surface area (Å²) in [6.45, 7) is -0.422. The summed E-state index contributed by atoms with van der Waals surface area (Å²) < 4.78 is 85.3. The highest BCUT2D eigenvalue weighted by Crippen LogP contribution is 2.22. The van der Waals surface area contributed by atoms with Crippen LogP contribution in [0.25, 0.3) is 0 Å². The predicted octanol–water partition coefficient (Wildman–Crippen LogP) is 1.88. The SMILES string of the molecule is O=C(Nc1cc(F)c(F)c(F)c1)c1cc(F)cc(S(=O)(=O)N2CCOCC(O)C2)c1. The van der Waals surface area contributed by atoms with Crippen molar-refractivity contribution in [2.75, 3.05) is 31.6 Å². The first-order valence-electron chi connectivity index (χ1n) is 8.60. The first-order valence-corrected chi connectivity index (χ1v) is 10.0. The molecule has 1 amide bonds. The van der Waals surface area contributed by atoms with E-state index in [0.717, 1.165) is 16.4 Å². The number of nitrogens with one attached hydrogen (secondary N) is 1. The second-order valence-electron chi connectivity index (χ2n) is 6.48. The number of anilines is 1. The monoisotopic (exact) mass is 448 g/mol. The van der Waals surface area contributed by atoms with Crippen LogP contribution in [0.15, 0.2) is 35.2 Å². The third kappa shape index (κ3) is 4.78. The van der Waals surface area contributed by atoms with E-state index in [1.807, 2.05) is 5.32 Å². The Balaban J connectivity index is 1.90. The van der Waals surface area contributed by atoms with Crippen LogP contribution in [0.2, 0.25) is 0 Å². The largest absolute Gasteiger partial charge is 0.389 e. The topological polar surface area (TPSA) is 95.9 Å². The molecule has 2 N–H and O–H groups in total. The van der Waals surface area contributed by atoms with Crippen molar-refractivity contribution in [1.29, 1.82) is 0 Å². The fraction of sp³-hybridized carbons (Fsp3) is 0.278. The Morgan fingerprint density at radius 1 is 1.10 bits per heavy atom. The maximum atomic E-state index is 14.1. The van der Waals surface area contributed by atoms with E-state index in [9.17, 15) is 35.9 Å². The Morgan fingerprint density at radius 3 is 2.43 bits per heavy atom. The quantitative estimate of drug-likeness (QED) is 0.550. The minimum atomic E-state index is -4.28. The number of halogens is 4. The van der Waals surface area contributed by atoms with E-state index >= 15 is 0 Å². The van der Waals surface area contributed by atoms with Gasteiger partial charge in [-0.25, -0.2) is 26.0 Å². The number of aliphatic hydroxyl groups is 1. The van der Waals surface area contributed by atoms with Gasteiger partial charge in [0.1, 0.15) is 5.82 Å². The Labute approximate surface area is 168 Å². The number of sulfonamides is 1. The van der Waals surface area contributed by atoms with E-state index < -0.39 is 61.4 Å². The van der Waals surface area contributed by atoms with Crippen molar-refractivity contribution in [1.82, 2.24) is 4.31 Å². The minimum Gasteiger partial charge on any atom is -0.389 e. The van der Waals surface area contributed by atoms with Crippen LogP contribution in [0.1, 0.15) is 10.4 Å². The van der Waals surface area contributed by atoms with Crippen molar-refractivity contribution >= 4 is 21.6 Å². The van der Waals surface area contributed by atoms with Crippen molar-refractivity contribution in [2.45, 2.75) is 11.0 Å². The molecule has 7 nitrogen and oxygen atoms in total. The van der Waals surface area contributed by atoms with Gasteiger partial charge in [-0.15, -0.1) is 0 Å². The van der Waals surface area contributed by atoms with Crippen LogP contribution in [0.5, 0.6) is 0 Å². The molecule has 2 aromatic rings. The summed E-state index contributed by atoms with van der Waals surface area (Å²) >= 11 is 0. The number of hydrogen-bond acceptors (Lipinski definition) is 5. The lowest BCUT2D eigenvalue weighted by atomic mass is 10.2. The number of rotatable bonds is 4. The molecule has 0 saturated carbocycles. The highest BCUT2D eigenvalue weighted by Gasteiger charge is 2.30. The summed E-state index contributed by atoms with van der Waals surface area (Å²) in [5.41, 5.74) is -0.900. The highest BCUT2D eigenvalue weighted by atomic mass is 32.2. The Bertz CT molecular complexity index is 1060. The van der Waals surface area contributed by atoms with Crippen molar-refractivity contribution < 1.29 is 40.6 Å². The molecule has 1 aliphatic rings. The number of hydrogen-bond donors (Lipinski definition) is 2. The minimum absolute atomic E-state index is 0.0145. The average Bonchev–Trinajstić information content (AvgIpc) is 2.90. The lowest BCUT2D eigenvalue weighted by Crippen LogP contribution is -2.37. The molecule has 1 atom stereocenters. The molecule has 1 fully saturated rings. The summed E-state index contributed by atoms with van der Waals surface area (Å²) in [4.78, 5) is 11.8. The number of nitrogens with zero attached hydrogens (tertiary/aromatic N) is 1. The van der Waals surface area contributed by atoms with Gasteiger partial charge in [0.2, 0.25) is 10.0 Å². The second kappa shape index (κ2) is 8.68. The van der Waals surface area contributed by atoms with Crippen LogP contribution >= 0.6 is 0 Å². The third-order valence-corrected chi connectivity index (χ3v) is 6.07. The van der Waals surface area contributed by atoms with Gasteiger partial charge in [0, 0.05) is 36.5 Å². The summed E-state index contributed by atoms with van der Waals surface area (Å²) in [6.07, 6.45) is -1.08. The van der Waals surface area contributed by atoms with Crippen LogP contribution in [-0.2, 0) is 14.8 Å². The zero-order valence-corrected chi connectivity index (χ0v) is 16.1. The van der Waals surface area contributed by atoms with Gasteiger partial charge in [-0.2, -0.15) is 4.31 Å². The van der Waals surface area contributed by atoms with Gasteiger partial charge in [0.25, 0.3) is 5.91 Å². The molecule has 3 rings (SSSR count). The Hall–Kier alpha value is -2.54. The fourth-order valence-corrected chi connectivity index (χ4v) is 4.32. The van der Waals surface area contributed by atoms with Crippen molar-refractivity contribution in [2.24, 2.45) is 0 Å². The maximum Gasteiger partial charge on any atom is 0.255 e. The molecule has 0 aromatic heterocycles. The third-order valence-electron chi connectivity index (χ3n) is 4.22. The molecule has 1 unspecified atom stereocenters. The van der Waals surface area contributed by atoms with Crippen LogP contribution < -0.4 is 5.32 Å². The van der Waals surface area contributed by atoms with E-state index in [2.05, 4.69) is 0 Å². The number of aliphatic hydroxyl groups excluding tert-OH is 1. The molecule has 30 heavy (non-hydrogen) atoms. The van der Waals surface area contributed by atoms with Crippen molar-refractivity contribution in [3.63, 3.8) is 0 Å². The summed E-state index contributed by atoms with van der Waals surface area (Å²) in [7, 11) is -4.28. The number of carbonyl (C=O) groups is 1. The molecule has 0 spiro atoms. The van der Waals surface area contributed by atoms with Gasteiger partial charge < -0.3 is 15.2 Å². The Morgan fingerprint density at radius 2 is 1.77 bits per heavy atom. The smallest absolute Gasteiger partial charge is 0.255 e. The second-order valence-corrected chi connectivity index (χ2v) is 8.41. The number of amides is 1. The number of carbonyl (C=O) groups excluding carboxylic acids is 1. The highest BCUT2D eigenvalue weighted by molar-refractivity contribution is 7.89.